The van der Waals surface area contributed by atoms with Crippen LogP contribution in [0, 0.1) is 5.92 Å². The van der Waals surface area contributed by atoms with Crippen molar-refractivity contribution < 1.29 is 5.11 Å². The van der Waals surface area contributed by atoms with Gasteiger partial charge in [0.15, 0.2) is 0 Å². The van der Waals surface area contributed by atoms with E-state index in [1.165, 1.54) is 122 Å². The van der Waals surface area contributed by atoms with E-state index in [1.54, 1.807) is 0 Å². The van der Waals surface area contributed by atoms with E-state index in [1.807, 2.05) is 0 Å². The van der Waals surface area contributed by atoms with Gasteiger partial charge in [0.05, 0.1) is 0 Å². The van der Waals surface area contributed by atoms with Crippen LogP contribution in [0.5, 0.6) is 0 Å². The Bertz CT molecular complexity index is 541. The summed E-state index contributed by atoms with van der Waals surface area (Å²) in [5, 5.41) is 8.83. The van der Waals surface area contributed by atoms with Gasteiger partial charge in [-0.05, 0) is 109 Å². The molecule has 0 spiro atoms. The van der Waals surface area contributed by atoms with Crippen LogP contribution in [-0.2, 0) is 0 Å². The zero-order valence-corrected chi connectivity index (χ0v) is 24.7. The number of allylic oxidation sites excluding steroid dienone is 5. The molecular weight excluding hydrogens is 438 g/mol. The number of unbranched alkanes of at least 4 members (excludes halogenated alkanes) is 13. The highest BCUT2D eigenvalue weighted by Gasteiger charge is 2.09. The standard InChI is InChI=1S/C34H63NO/c1-4-5-6-7-8-9-10-11-12-13-14-15-16-17-20-23-26-29-34(31-32-35(2)3)30-27-24-21-18-19-22-25-28-33-36/h8-9,11,13,18,21,34,36H,4-7,10,14-17,19-20,22-33H2,1-3H3/b9-8-,21-18-. The number of hydrogen-bond donors (Lipinski definition) is 1. The van der Waals surface area contributed by atoms with Gasteiger partial charge in [-0.1, -0.05) is 95.4 Å². The molecule has 0 saturated carbocycles. The van der Waals surface area contributed by atoms with Gasteiger partial charge in [-0.3, -0.25) is 0 Å². The monoisotopic (exact) mass is 501 g/mol. The van der Waals surface area contributed by atoms with Crippen molar-refractivity contribution >= 4 is 0 Å². The Hall–Kier alpha value is -1.08. The second kappa shape index (κ2) is 30.1. The molecule has 2 nitrogen and oxygen atoms in total. The second-order valence-corrected chi connectivity index (χ2v) is 10.9. The van der Waals surface area contributed by atoms with Gasteiger partial charge in [-0.2, -0.15) is 0 Å². The van der Waals surface area contributed by atoms with Crippen LogP contribution in [0.25, 0.3) is 0 Å². The third kappa shape index (κ3) is 29.2. The summed E-state index contributed by atoms with van der Waals surface area (Å²) in [6.07, 6.45) is 40.7. The van der Waals surface area contributed by atoms with Crippen LogP contribution in [0.15, 0.2) is 42.2 Å². The minimum Gasteiger partial charge on any atom is -0.396 e. The number of rotatable bonds is 27. The first-order chi connectivity index (χ1) is 17.7. The molecule has 0 fully saturated rings. The van der Waals surface area contributed by atoms with Crippen LogP contribution in [0.3, 0.4) is 0 Å². The molecule has 0 rings (SSSR count). The minimum atomic E-state index is 0.339. The Kier molecular flexibility index (Phi) is 29.2. The van der Waals surface area contributed by atoms with Gasteiger partial charge in [0.1, 0.15) is 0 Å². The third-order valence-electron chi connectivity index (χ3n) is 7.00. The summed E-state index contributed by atoms with van der Waals surface area (Å²) in [5.74, 6) is 0.897. The fourth-order valence-electron chi connectivity index (χ4n) is 4.60. The molecule has 0 aliphatic rings. The average molecular weight is 502 g/mol. The highest BCUT2D eigenvalue weighted by Crippen LogP contribution is 2.21. The van der Waals surface area contributed by atoms with E-state index in [9.17, 15) is 0 Å². The van der Waals surface area contributed by atoms with Crippen LogP contribution >= 0.6 is 0 Å². The van der Waals surface area contributed by atoms with Gasteiger partial charge in [0, 0.05) is 6.61 Å². The molecule has 0 aromatic heterocycles. The predicted molar refractivity (Wildman–Crippen MR) is 163 cm³/mol. The molecular formula is C34H63NO. The van der Waals surface area contributed by atoms with Crippen molar-refractivity contribution in [2.45, 2.75) is 142 Å². The summed E-state index contributed by atoms with van der Waals surface area (Å²) in [6, 6.07) is 0. The Morgan fingerprint density at radius 3 is 1.92 bits per heavy atom. The van der Waals surface area contributed by atoms with Crippen molar-refractivity contribution in [3.05, 3.63) is 42.2 Å². The molecule has 0 amide bonds. The molecule has 1 atom stereocenters. The maximum atomic E-state index is 8.83. The SMILES string of the molecule is CCCCC/C=C\CC=C=CCCCCCCCCC(CCC/C=C\CCCCCO)CCN(C)C. The van der Waals surface area contributed by atoms with Crippen LogP contribution < -0.4 is 0 Å². The number of nitrogens with zero attached hydrogens (tertiary/aromatic N) is 1. The molecule has 0 bridgehead atoms. The second-order valence-electron chi connectivity index (χ2n) is 10.9. The zero-order valence-electron chi connectivity index (χ0n) is 24.7. The van der Waals surface area contributed by atoms with E-state index in [-0.39, 0.29) is 0 Å². The summed E-state index contributed by atoms with van der Waals surface area (Å²) in [5.41, 5.74) is 3.35. The molecule has 1 N–H and O–H groups in total. The molecule has 0 aromatic carbocycles. The van der Waals surface area contributed by atoms with Crippen LogP contribution in [0.2, 0.25) is 0 Å². The fourth-order valence-corrected chi connectivity index (χ4v) is 4.60. The number of aliphatic hydroxyl groups excluding tert-OH is 1. The van der Waals surface area contributed by atoms with E-state index in [4.69, 9.17) is 5.11 Å². The molecule has 210 valence electrons. The molecule has 1 unspecified atom stereocenters. The van der Waals surface area contributed by atoms with E-state index in [2.05, 4.69) is 68.1 Å². The highest BCUT2D eigenvalue weighted by atomic mass is 16.2. The quantitative estimate of drug-likeness (QED) is 0.0687. The molecule has 0 saturated heterocycles. The van der Waals surface area contributed by atoms with Crippen molar-refractivity contribution in [1.82, 2.24) is 4.90 Å². The Morgan fingerprint density at radius 1 is 0.611 bits per heavy atom. The van der Waals surface area contributed by atoms with Gasteiger partial charge in [0.2, 0.25) is 0 Å². The summed E-state index contributed by atoms with van der Waals surface area (Å²) in [7, 11) is 4.41. The van der Waals surface area contributed by atoms with Crippen molar-refractivity contribution in [2.75, 3.05) is 27.2 Å². The first-order valence-corrected chi connectivity index (χ1v) is 15.7. The minimum absolute atomic E-state index is 0.339. The van der Waals surface area contributed by atoms with Crippen LogP contribution in [-0.4, -0.2) is 37.3 Å². The lowest BCUT2D eigenvalue weighted by molar-refractivity contribution is 0.283. The van der Waals surface area contributed by atoms with Crippen molar-refractivity contribution in [2.24, 2.45) is 5.92 Å². The summed E-state index contributed by atoms with van der Waals surface area (Å²) >= 11 is 0. The normalized spacial score (nSPS) is 12.6. The van der Waals surface area contributed by atoms with Gasteiger partial charge >= 0.3 is 0 Å². The molecule has 0 radical (unpaired) electrons. The highest BCUT2D eigenvalue weighted by molar-refractivity contribution is 4.93. The zero-order chi connectivity index (χ0) is 26.4. The first kappa shape index (κ1) is 34.9. The van der Waals surface area contributed by atoms with Gasteiger partial charge in [0.25, 0.3) is 0 Å². The first-order valence-electron chi connectivity index (χ1n) is 15.7. The molecule has 0 aliphatic carbocycles. The largest absolute Gasteiger partial charge is 0.396 e. The Balaban J connectivity index is 3.76. The van der Waals surface area contributed by atoms with Gasteiger partial charge < -0.3 is 10.0 Å². The Labute approximate surface area is 227 Å². The van der Waals surface area contributed by atoms with E-state index in [0.29, 0.717) is 6.61 Å². The lowest BCUT2D eigenvalue weighted by atomic mass is 9.92. The summed E-state index contributed by atoms with van der Waals surface area (Å²) < 4.78 is 0. The summed E-state index contributed by atoms with van der Waals surface area (Å²) in [6.45, 7) is 3.82. The maximum Gasteiger partial charge on any atom is 0.0431 e. The van der Waals surface area contributed by atoms with E-state index >= 15 is 0 Å². The summed E-state index contributed by atoms with van der Waals surface area (Å²) in [4.78, 5) is 2.34. The molecule has 0 aliphatic heterocycles. The van der Waals surface area contributed by atoms with Crippen molar-refractivity contribution in [1.29, 1.82) is 0 Å². The van der Waals surface area contributed by atoms with Crippen molar-refractivity contribution in [3.63, 3.8) is 0 Å². The lowest BCUT2D eigenvalue weighted by Gasteiger charge is -2.19. The van der Waals surface area contributed by atoms with Crippen molar-refractivity contribution in [3.8, 4) is 0 Å². The molecule has 36 heavy (non-hydrogen) atoms. The molecule has 0 heterocycles. The fraction of sp³-hybridized carbons (Fsp3) is 0.794. The number of aliphatic hydroxyl groups is 1. The van der Waals surface area contributed by atoms with E-state index < -0.39 is 0 Å². The van der Waals surface area contributed by atoms with Crippen LogP contribution in [0.1, 0.15) is 142 Å². The molecule has 0 aromatic rings. The third-order valence-corrected chi connectivity index (χ3v) is 7.00. The average Bonchev–Trinajstić information content (AvgIpc) is 2.87. The lowest BCUT2D eigenvalue weighted by Crippen LogP contribution is -2.16. The predicted octanol–water partition coefficient (Wildman–Crippen LogP) is 10.2. The Morgan fingerprint density at radius 2 is 1.19 bits per heavy atom. The van der Waals surface area contributed by atoms with Gasteiger partial charge in [-0.25, -0.2) is 0 Å². The maximum absolute atomic E-state index is 8.83. The number of hydrogen-bond acceptors (Lipinski definition) is 2. The van der Waals surface area contributed by atoms with Crippen LogP contribution in [0.4, 0.5) is 0 Å². The van der Waals surface area contributed by atoms with Gasteiger partial charge in [-0.15, -0.1) is 5.73 Å². The molecule has 2 heteroatoms. The topological polar surface area (TPSA) is 23.5 Å². The smallest absolute Gasteiger partial charge is 0.0431 e. The van der Waals surface area contributed by atoms with E-state index in [0.717, 1.165) is 25.2 Å².